The second-order valence-electron chi connectivity index (χ2n) is 2.90. The lowest BCUT2D eigenvalue weighted by molar-refractivity contribution is -0.157. The van der Waals surface area contributed by atoms with Gasteiger partial charge in [0.05, 0.1) is 25.2 Å². The number of nitrogens with zero attached hydrogens (tertiary/aromatic N) is 1. The van der Waals surface area contributed by atoms with Crippen molar-refractivity contribution in [2.45, 2.75) is 20.8 Å². The first kappa shape index (κ1) is 13.4. The summed E-state index contributed by atoms with van der Waals surface area (Å²) in [6.07, 6.45) is 0. The molecule has 0 heterocycles. The maximum absolute atomic E-state index is 11.3. The topological polar surface area (TPSA) is 76.4 Å². The third-order valence-electron chi connectivity index (χ3n) is 1.84. The van der Waals surface area contributed by atoms with Crippen molar-refractivity contribution >= 4 is 11.9 Å². The van der Waals surface area contributed by atoms with Crippen LogP contribution in [-0.2, 0) is 19.1 Å². The van der Waals surface area contributed by atoms with Gasteiger partial charge in [0.25, 0.3) is 0 Å². The Balaban J connectivity index is 4.48. The van der Waals surface area contributed by atoms with Gasteiger partial charge in [-0.2, -0.15) is 5.26 Å². The van der Waals surface area contributed by atoms with Crippen molar-refractivity contribution < 1.29 is 19.1 Å². The zero-order valence-electron chi connectivity index (χ0n) is 9.15. The Labute approximate surface area is 89.0 Å². The van der Waals surface area contributed by atoms with Gasteiger partial charge in [-0.25, -0.2) is 0 Å². The molecule has 2 unspecified atom stereocenters. The molecular weight excluding hydrogens is 198 g/mol. The van der Waals surface area contributed by atoms with E-state index in [-0.39, 0.29) is 13.2 Å². The number of carbonyl (C=O) groups excluding carboxylic acids is 2. The van der Waals surface area contributed by atoms with Crippen molar-refractivity contribution in [3.05, 3.63) is 0 Å². The fourth-order valence-corrected chi connectivity index (χ4v) is 1.01. The van der Waals surface area contributed by atoms with Gasteiger partial charge < -0.3 is 9.47 Å². The average molecular weight is 213 g/mol. The molecule has 0 amide bonds. The molecule has 0 aliphatic carbocycles. The molecule has 15 heavy (non-hydrogen) atoms. The molecule has 0 N–H and O–H groups in total. The van der Waals surface area contributed by atoms with Crippen LogP contribution in [-0.4, -0.2) is 25.2 Å². The summed E-state index contributed by atoms with van der Waals surface area (Å²) in [5.74, 6) is -3.13. The largest absolute Gasteiger partial charge is 0.466 e. The minimum atomic E-state index is -1.09. The minimum Gasteiger partial charge on any atom is -0.466 e. The predicted molar refractivity (Wildman–Crippen MR) is 51.5 cm³/mol. The second kappa shape index (κ2) is 6.82. The van der Waals surface area contributed by atoms with Crippen LogP contribution in [0, 0.1) is 23.2 Å². The first-order valence-electron chi connectivity index (χ1n) is 4.81. The van der Waals surface area contributed by atoms with Gasteiger partial charge in [-0.05, 0) is 13.8 Å². The molecule has 0 aliphatic rings. The molecule has 0 fully saturated rings. The van der Waals surface area contributed by atoms with Crippen LogP contribution < -0.4 is 0 Å². The predicted octanol–water partition coefficient (Wildman–Crippen LogP) is 0.888. The van der Waals surface area contributed by atoms with Gasteiger partial charge in [-0.15, -0.1) is 0 Å². The van der Waals surface area contributed by atoms with E-state index in [1.807, 2.05) is 0 Å². The number of hydrogen-bond acceptors (Lipinski definition) is 5. The van der Waals surface area contributed by atoms with Gasteiger partial charge in [0.15, 0.2) is 5.92 Å². The highest BCUT2D eigenvalue weighted by molar-refractivity contribution is 5.83. The Morgan fingerprint density at radius 2 is 1.67 bits per heavy atom. The fourth-order valence-electron chi connectivity index (χ4n) is 1.01. The number of hydrogen-bond donors (Lipinski definition) is 0. The van der Waals surface area contributed by atoms with E-state index in [1.54, 1.807) is 19.9 Å². The lowest BCUT2D eigenvalue weighted by atomic mass is 9.96. The van der Waals surface area contributed by atoms with Gasteiger partial charge >= 0.3 is 11.9 Å². The van der Waals surface area contributed by atoms with Crippen molar-refractivity contribution in [1.29, 1.82) is 5.26 Å². The second-order valence-corrected chi connectivity index (χ2v) is 2.90. The molecule has 0 aromatic heterocycles. The van der Waals surface area contributed by atoms with E-state index in [4.69, 9.17) is 10.00 Å². The van der Waals surface area contributed by atoms with E-state index in [0.717, 1.165) is 0 Å². The van der Waals surface area contributed by atoms with Crippen molar-refractivity contribution in [2.24, 2.45) is 11.8 Å². The summed E-state index contributed by atoms with van der Waals surface area (Å²) >= 11 is 0. The van der Waals surface area contributed by atoms with Crippen molar-refractivity contribution in [3.63, 3.8) is 0 Å². The van der Waals surface area contributed by atoms with Crippen LogP contribution in [0.5, 0.6) is 0 Å². The zero-order chi connectivity index (χ0) is 11.8. The third-order valence-corrected chi connectivity index (χ3v) is 1.84. The number of esters is 2. The van der Waals surface area contributed by atoms with Gasteiger partial charge in [-0.1, -0.05) is 6.92 Å². The van der Waals surface area contributed by atoms with Crippen LogP contribution >= 0.6 is 0 Å². The van der Waals surface area contributed by atoms with E-state index < -0.39 is 23.8 Å². The summed E-state index contributed by atoms with van der Waals surface area (Å²) in [6, 6.07) is 1.75. The molecule has 0 rings (SSSR count). The van der Waals surface area contributed by atoms with Crippen LogP contribution in [0.4, 0.5) is 0 Å². The van der Waals surface area contributed by atoms with Gasteiger partial charge in [-0.3, -0.25) is 9.59 Å². The van der Waals surface area contributed by atoms with Gasteiger partial charge in [0, 0.05) is 0 Å². The molecule has 0 spiro atoms. The average Bonchev–Trinajstić information content (AvgIpc) is 2.19. The van der Waals surface area contributed by atoms with E-state index in [2.05, 4.69) is 4.74 Å². The Morgan fingerprint density at radius 1 is 1.20 bits per heavy atom. The molecule has 5 nitrogen and oxygen atoms in total. The van der Waals surface area contributed by atoms with E-state index in [9.17, 15) is 9.59 Å². The number of carbonyl (C=O) groups is 2. The van der Waals surface area contributed by atoms with Gasteiger partial charge in [0.1, 0.15) is 0 Å². The van der Waals surface area contributed by atoms with Crippen LogP contribution in [0.15, 0.2) is 0 Å². The molecule has 2 atom stereocenters. The van der Waals surface area contributed by atoms with E-state index >= 15 is 0 Å². The SMILES string of the molecule is CCOC(=O)C(C)C(C#N)C(=O)OCC. The molecule has 0 aliphatic heterocycles. The maximum Gasteiger partial charge on any atom is 0.324 e. The monoisotopic (exact) mass is 213 g/mol. The lowest BCUT2D eigenvalue weighted by Gasteiger charge is -2.14. The van der Waals surface area contributed by atoms with Crippen molar-refractivity contribution in [2.75, 3.05) is 13.2 Å². The summed E-state index contributed by atoms with van der Waals surface area (Å²) in [6.45, 7) is 5.19. The summed E-state index contributed by atoms with van der Waals surface area (Å²) in [5, 5.41) is 8.75. The number of nitriles is 1. The number of ether oxygens (including phenoxy) is 2. The van der Waals surface area contributed by atoms with Crippen molar-refractivity contribution in [1.82, 2.24) is 0 Å². The first-order chi connectivity index (χ1) is 7.08. The standard InChI is InChI=1S/C10H15NO4/c1-4-14-9(12)7(3)8(6-11)10(13)15-5-2/h7-8H,4-5H2,1-3H3. The van der Waals surface area contributed by atoms with Gasteiger partial charge in [0.2, 0.25) is 0 Å². The van der Waals surface area contributed by atoms with Crippen molar-refractivity contribution in [3.8, 4) is 6.07 Å². The van der Waals surface area contributed by atoms with Crippen LogP contribution in [0.25, 0.3) is 0 Å². The minimum absolute atomic E-state index is 0.187. The van der Waals surface area contributed by atoms with E-state index in [1.165, 1.54) is 6.92 Å². The molecule has 0 bridgehead atoms. The third kappa shape index (κ3) is 3.98. The summed E-state index contributed by atoms with van der Waals surface area (Å²) < 4.78 is 9.39. The van der Waals surface area contributed by atoms with Crippen LogP contribution in [0.2, 0.25) is 0 Å². The molecule has 0 radical (unpaired) electrons. The summed E-state index contributed by atoms with van der Waals surface area (Å²) in [5.41, 5.74) is 0. The van der Waals surface area contributed by atoms with Crippen LogP contribution in [0.1, 0.15) is 20.8 Å². The summed E-state index contributed by atoms with van der Waals surface area (Å²) in [7, 11) is 0. The molecular formula is C10H15NO4. The zero-order valence-corrected chi connectivity index (χ0v) is 9.15. The molecule has 0 aromatic rings. The highest BCUT2D eigenvalue weighted by Gasteiger charge is 2.32. The normalized spacial score (nSPS) is 13.5. The number of rotatable bonds is 5. The Kier molecular flexibility index (Phi) is 6.11. The Morgan fingerprint density at radius 3 is 2.07 bits per heavy atom. The molecule has 5 heteroatoms. The van der Waals surface area contributed by atoms with E-state index in [0.29, 0.717) is 0 Å². The lowest BCUT2D eigenvalue weighted by Crippen LogP contribution is -2.29. The molecule has 0 saturated carbocycles. The quantitative estimate of drug-likeness (QED) is 0.634. The smallest absolute Gasteiger partial charge is 0.324 e. The Hall–Kier alpha value is -1.57. The maximum atomic E-state index is 11.3. The molecule has 0 aromatic carbocycles. The Bertz CT molecular complexity index is 269. The van der Waals surface area contributed by atoms with Crippen LogP contribution in [0.3, 0.4) is 0 Å². The fraction of sp³-hybridized carbons (Fsp3) is 0.700. The molecule has 84 valence electrons. The highest BCUT2D eigenvalue weighted by atomic mass is 16.5. The molecule has 0 saturated heterocycles. The first-order valence-corrected chi connectivity index (χ1v) is 4.81. The summed E-state index contributed by atoms with van der Waals surface area (Å²) in [4.78, 5) is 22.5. The highest BCUT2D eigenvalue weighted by Crippen LogP contribution is 2.14.